The third-order valence-electron chi connectivity index (χ3n) is 3.43. The first-order valence-electron chi connectivity index (χ1n) is 8.03. The first kappa shape index (κ1) is 19.5. The molecule has 1 N–H and O–H groups in total. The second-order valence-corrected chi connectivity index (χ2v) is 7.97. The molecule has 0 spiro atoms. The van der Waals surface area contributed by atoms with Crippen LogP contribution in [0.1, 0.15) is 29.4 Å². The van der Waals surface area contributed by atoms with Crippen molar-refractivity contribution in [3.8, 4) is 5.75 Å². The molecule has 0 fully saturated rings. The molecule has 5 nitrogen and oxygen atoms in total. The Morgan fingerprint density at radius 3 is 2.68 bits per heavy atom. The van der Waals surface area contributed by atoms with Gasteiger partial charge in [0.15, 0.2) is 0 Å². The van der Waals surface area contributed by atoms with Gasteiger partial charge in [-0.15, -0.1) is 11.3 Å². The standard InChI is InChI=1S/C18H21BrN2O3S/c1-3-4-11-24-14-8-6-5-7-13(14)20-17(22)12-21(2)18(23)15-9-10-16(19)25-15/h5-10H,3-4,11-12H2,1-2H3,(H,20,22). The molecule has 1 heterocycles. The number of rotatable bonds is 8. The van der Waals surface area contributed by atoms with Crippen LogP contribution in [0.25, 0.3) is 0 Å². The number of nitrogens with one attached hydrogen (secondary N) is 1. The molecule has 0 aliphatic rings. The van der Waals surface area contributed by atoms with E-state index in [1.165, 1.54) is 16.2 Å². The van der Waals surface area contributed by atoms with Crippen LogP contribution in [0.2, 0.25) is 0 Å². The number of para-hydroxylation sites is 2. The van der Waals surface area contributed by atoms with Gasteiger partial charge in [0.1, 0.15) is 5.75 Å². The van der Waals surface area contributed by atoms with E-state index < -0.39 is 0 Å². The smallest absolute Gasteiger partial charge is 0.264 e. The number of carbonyl (C=O) groups is 2. The fourth-order valence-electron chi connectivity index (χ4n) is 2.12. The van der Waals surface area contributed by atoms with Gasteiger partial charge in [0.2, 0.25) is 5.91 Å². The highest BCUT2D eigenvalue weighted by molar-refractivity contribution is 9.11. The number of benzene rings is 1. The Morgan fingerprint density at radius 2 is 2.00 bits per heavy atom. The lowest BCUT2D eigenvalue weighted by molar-refractivity contribution is -0.116. The lowest BCUT2D eigenvalue weighted by atomic mass is 10.3. The van der Waals surface area contributed by atoms with Gasteiger partial charge in [0.05, 0.1) is 27.5 Å². The number of amides is 2. The number of unbranched alkanes of at least 4 members (excludes halogenated alkanes) is 1. The molecule has 0 saturated carbocycles. The van der Waals surface area contributed by atoms with E-state index in [-0.39, 0.29) is 18.4 Å². The maximum absolute atomic E-state index is 12.3. The van der Waals surface area contributed by atoms with Crippen molar-refractivity contribution in [3.05, 3.63) is 45.1 Å². The lowest BCUT2D eigenvalue weighted by Gasteiger charge is -2.17. The average molecular weight is 425 g/mol. The van der Waals surface area contributed by atoms with E-state index in [9.17, 15) is 9.59 Å². The first-order chi connectivity index (χ1) is 12.0. The van der Waals surface area contributed by atoms with Crippen LogP contribution in [-0.2, 0) is 4.79 Å². The van der Waals surface area contributed by atoms with Crippen LogP contribution >= 0.6 is 27.3 Å². The van der Waals surface area contributed by atoms with Gasteiger partial charge >= 0.3 is 0 Å². The molecule has 0 radical (unpaired) electrons. The molecule has 2 rings (SSSR count). The summed E-state index contributed by atoms with van der Waals surface area (Å²) in [5.74, 6) is 0.191. The Bertz CT molecular complexity index is 733. The Kier molecular flexibility index (Phi) is 7.46. The molecule has 0 atom stereocenters. The van der Waals surface area contributed by atoms with Gasteiger partial charge in [-0.2, -0.15) is 0 Å². The molecule has 25 heavy (non-hydrogen) atoms. The number of carbonyl (C=O) groups excluding carboxylic acids is 2. The van der Waals surface area contributed by atoms with Gasteiger partial charge < -0.3 is 15.0 Å². The summed E-state index contributed by atoms with van der Waals surface area (Å²) in [6.45, 7) is 2.67. The predicted molar refractivity (Wildman–Crippen MR) is 104 cm³/mol. The predicted octanol–water partition coefficient (Wildman–Crippen LogP) is 4.40. The molecule has 0 saturated heterocycles. The molecule has 2 aromatic rings. The molecule has 0 bridgehead atoms. The van der Waals surface area contributed by atoms with Crippen molar-refractivity contribution in [1.82, 2.24) is 4.90 Å². The van der Waals surface area contributed by atoms with E-state index in [1.54, 1.807) is 19.2 Å². The quantitative estimate of drug-likeness (QED) is 0.638. The summed E-state index contributed by atoms with van der Waals surface area (Å²) in [4.78, 5) is 26.6. The van der Waals surface area contributed by atoms with Crippen LogP contribution < -0.4 is 10.1 Å². The molecular formula is C18H21BrN2O3S. The zero-order valence-corrected chi connectivity index (χ0v) is 16.7. The van der Waals surface area contributed by atoms with Crippen molar-refractivity contribution < 1.29 is 14.3 Å². The number of halogens is 1. The van der Waals surface area contributed by atoms with Gasteiger partial charge in [-0.25, -0.2) is 0 Å². The van der Waals surface area contributed by atoms with E-state index in [4.69, 9.17) is 4.74 Å². The van der Waals surface area contributed by atoms with Crippen molar-refractivity contribution in [3.63, 3.8) is 0 Å². The Balaban J connectivity index is 1.94. The van der Waals surface area contributed by atoms with E-state index in [0.29, 0.717) is 22.9 Å². The molecule has 1 aromatic heterocycles. The molecule has 134 valence electrons. The van der Waals surface area contributed by atoms with E-state index in [0.717, 1.165) is 16.6 Å². The van der Waals surface area contributed by atoms with Gasteiger partial charge in [-0.3, -0.25) is 9.59 Å². The van der Waals surface area contributed by atoms with Gasteiger partial charge in [0, 0.05) is 7.05 Å². The summed E-state index contributed by atoms with van der Waals surface area (Å²) in [6.07, 6.45) is 2.00. The molecule has 0 aliphatic heterocycles. The van der Waals surface area contributed by atoms with Crippen molar-refractivity contribution in [2.45, 2.75) is 19.8 Å². The maximum atomic E-state index is 12.3. The van der Waals surface area contributed by atoms with Crippen molar-refractivity contribution in [1.29, 1.82) is 0 Å². The third-order valence-corrected chi connectivity index (χ3v) is 5.04. The van der Waals surface area contributed by atoms with Gasteiger partial charge in [-0.05, 0) is 46.6 Å². The number of hydrogen-bond acceptors (Lipinski definition) is 4. The van der Waals surface area contributed by atoms with Crippen LogP contribution in [0, 0.1) is 0 Å². The zero-order valence-electron chi connectivity index (χ0n) is 14.3. The SMILES string of the molecule is CCCCOc1ccccc1NC(=O)CN(C)C(=O)c1ccc(Br)s1. The number of thiophene rings is 1. The van der Waals surface area contributed by atoms with Crippen LogP contribution in [0.4, 0.5) is 5.69 Å². The van der Waals surface area contributed by atoms with Crippen LogP contribution in [0.5, 0.6) is 5.75 Å². The number of ether oxygens (including phenoxy) is 1. The minimum absolute atomic E-state index is 0.0301. The lowest BCUT2D eigenvalue weighted by Crippen LogP contribution is -2.34. The number of nitrogens with zero attached hydrogens (tertiary/aromatic N) is 1. The van der Waals surface area contributed by atoms with Crippen molar-refractivity contribution >= 4 is 44.8 Å². The average Bonchev–Trinajstić information content (AvgIpc) is 3.02. The second kappa shape index (κ2) is 9.58. The minimum Gasteiger partial charge on any atom is -0.491 e. The van der Waals surface area contributed by atoms with Gasteiger partial charge in [0.25, 0.3) is 5.91 Å². The Hall–Kier alpha value is -1.86. The largest absolute Gasteiger partial charge is 0.491 e. The summed E-state index contributed by atoms with van der Waals surface area (Å²) in [5, 5.41) is 2.82. The molecule has 0 aliphatic carbocycles. The highest BCUT2D eigenvalue weighted by atomic mass is 79.9. The van der Waals surface area contributed by atoms with Crippen LogP contribution in [-0.4, -0.2) is 36.9 Å². The molecule has 0 unspecified atom stereocenters. The van der Waals surface area contributed by atoms with E-state index in [1.807, 2.05) is 24.3 Å². The van der Waals surface area contributed by atoms with E-state index >= 15 is 0 Å². The fourth-order valence-corrected chi connectivity index (χ4v) is 3.50. The van der Waals surface area contributed by atoms with Crippen LogP contribution in [0.15, 0.2) is 40.2 Å². The topological polar surface area (TPSA) is 58.6 Å². The monoisotopic (exact) mass is 424 g/mol. The highest BCUT2D eigenvalue weighted by Gasteiger charge is 2.17. The second-order valence-electron chi connectivity index (χ2n) is 5.51. The molecule has 2 amide bonds. The third kappa shape index (κ3) is 5.86. The van der Waals surface area contributed by atoms with Crippen LogP contribution in [0.3, 0.4) is 0 Å². The fraction of sp³-hybridized carbons (Fsp3) is 0.333. The summed E-state index contributed by atoms with van der Waals surface area (Å²) >= 11 is 4.68. The van der Waals surface area contributed by atoms with Gasteiger partial charge in [-0.1, -0.05) is 25.5 Å². The number of hydrogen-bond donors (Lipinski definition) is 1. The normalized spacial score (nSPS) is 10.4. The number of likely N-dealkylation sites (N-methyl/N-ethyl adjacent to an activating group) is 1. The summed E-state index contributed by atoms with van der Waals surface area (Å²) in [5.41, 5.74) is 0.614. The minimum atomic E-state index is -0.266. The summed E-state index contributed by atoms with van der Waals surface area (Å²) in [7, 11) is 1.61. The molecule has 7 heteroatoms. The summed E-state index contributed by atoms with van der Waals surface area (Å²) in [6, 6.07) is 10.9. The Morgan fingerprint density at radius 1 is 1.24 bits per heavy atom. The van der Waals surface area contributed by atoms with E-state index in [2.05, 4.69) is 28.2 Å². The maximum Gasteiger partial charge on any atom is 0.264 e. The molecule has 1 aromatic carbocycles. The molecular weight excluding hydrogens is 404 g/mol. The number of anilines is 1. The summed E-state index contributed by atoms with van der Waals surface area (Å²) < 4.78 is 6.59. The Labute approximate surface area is 160 Å². The highest BCUT2D eigenvalue weighted by Crippen LogP contribution is 2.25. The van der Waals surface area contributed by atoms with Crippen molar-refractivity contribution in [2.24, 2.45) is 0 Å². The zero-order chi connectivity index (χ0) is 18.2. The first-order valence-corrected chi connectivity index (χ1v) is 9.64. The van der Waals surface area contributed by atoms with Crippen molar-refractivity contribution in [2.75, 3.05) is 25.5 Å².